The molecule has 9 atom stereocenters. The molecule has 4 rings (SSSR count). The van der Waals surface area contributed by atoms with Gasteiger partial charge >= 0.3 is 5.97 Å². The van der Waals surface area contributed by atoms with Gasteiger partial charge in [0.15, 0.2) is 0 Å². The van der Waals surface area contributed by atoms with Crippen molar-refractivity contribution in [2.75, 3.05) is 4.43 Å². The largest absolute Gasteiger partial charge is 0.462 e. The summed E-state index contributed by atoms with van der Waals surface area (Å²) in [5.41, 5.74) is 1.08. The van der Waals surface area contributed by atoms with Gasteiger partial charge in [0.1, 0.15) is 6.10 Å². The highest BCUT2D eigenvalue weighted by molar-refractivity contribution is 14.1. The van der Waals surface area contributed by atoms with Gasteiger partial charge in [-0.05, 0) is 110 Å². The second-order valence-corrected chi connectivity index (χ2v) is 14.0. The number of alkyl halides is 1. The van der Waals surface area contributed by atoms with Crippen molar-refractivity contribution in [1.82, 2.24) is 0 Å². The maximum absolute atomic E-state index is 11.9. The van der Waals surface area contributed by atoms with Gasteiger partial charge in [0.25, 0.3) is 0 Å². The molecule has 0 aliphatic heterocycles. The predicted molar refractivity (Wildman–Crippen MR) is 142 cm³/mol. The van der Waals surface area contributed by atoms with Crippen LogP contribution in [0.2, 0.25) is 0 Å². The molecule has 0 aromatic rings. The molecule has 0 bridgehead atoms. The highest BCUT2D eigenvalue weighted by atomic mass is 127. The molecule has 0 aromatic carbocycles. The lowest BCUT2D eigenvalue weighted by Gasteiger charge is -2.61. The van der Waals surface area contributed by atoms with Crippen molar-refractivity contribution in [2.45, 2.75) is 118 Å². The number of carbonyl (C=O) groups is 1. The zero-order valence-corrected chi connectivity index (χ0v) is 23.7. The maximum Gasteiger partial charge on any atom is 0.316 e. The van der Waals surface area contributed by atoms with Crippen LogP contribution in [0.3, 0.4) is 0 Å². The number of carbonyl (C=O) groups excluding carboxylic acids is 1. The number of esters is 1. The van der Waals surface area contributed by atoms with Gasteiger partial charge in [-0.2, -0.15) is 0 Å². The summed E-state index contributed by atoms with van der Waals surface area (Å²) in [5, 5.41) is 0. The fourth-order valence-electron chi connectivity index (χ4n) is 9.57. The minimum Gasteiger partial charge on any atom is -0.462 e. The molecular formula is C29H49IO2. The van der Waals surface area contributed by atoms with Crippen molar-refractivity contribution in [1.29, 1.82) is 0 Å². The number of hydrogen-bond acceptors (Lipinski definition) is 2. The monoisotopic (exact) mass is 556 g/mol. The van der Waals surface area contributed by atoms with Crippen LogP contribution in [-0.4, -0.2) is 16.5 Å². The van der Waals surface area contributed by atoms with Crippen molar-refractivity contribution in [3.8, 4) is 0 Å². The molecular weight excluding hydrogens is 507 g/mol. The topological polar surface area (TPSA) is 26.3 Å². The summed E-state index contributed by atoms with van der Waals surface area (Å²) in [7, 11) is 0. The lowest BCUT2D eigenvalue weighted by Crippen LogP contribution is -2.54. The quantitative estimate of drug-likeness (QED) is 0.179. The molecule has 0 saturated heterocycles. The van der Waals surface area contributed by atoms with E-state index in [4.69, 9.17) is 4.74 Å². The molecule has 184 valence electrons. The van der Waals surface area contributed by atoms with Gasteiger partial charge in [-0.25, -0.2) is 0 Å². The van der Waals surface area contributed by atoms with Gasteiger partial charge < -0.3 is 4.74 Å². The van der Waals surface area contributed by atoms with Crippen LogP contribution in [0.15, 0.2) is 0 Å². The number of halogens is 1. The highest BCUT2D eigenvalue weighted by Gasteiger charge is 2.60. The van der Waals surface area contributed by atoms with Crippen LogP contribution in [-0.2, 0) is 9.53 Å². The summed E-state index contributed by atoms with van der Waals surface area (Å²) in [6, 6.07) is 0. The second-order valence-electron chi connectivity index (χ2n) is 13.2. The molecule has 0 amide bonds. The van der Waals surface area contributed by atoms with Crippen LogP contribution in [0, 0.1) is 52.3 Å². The van der Waals surface area contributed by atoms with E-state index < -0.39 is 0 Å². The first-order chi connectivity index (χ1) is 15.2. The Morgan fingerprint density at radius 3 is 2.38 bits per heavy atom. The van der Waals surface area contributed by atoms with E-state index in [0.29, 0.717) is 15.3 Å². The van der Waals surface area contributed by atoms with Crippen LogP contribution in [0.4, 0.5) is 0 Å². The Labute approximate surface area is 211 Å². The Hall–Kier alpha value is 0.200. The summed E-state index contributed by atoms with van der Waals surface area (Å²) >= 11 is 2.13. The third kappa shape index (κ3) is 4.68. The zero-order valence-electron chi connectivity index (χ0n) is 21.5. The van der Waals surface area contributed by atoms with Crippen molar-refractivity contribution < 1.29 is 9.53 Å². The summed E-state index contributed by atoms with van der Waals surface area (Å²) in [6.07, 6.45) is 16.6. The van der Waals surface area contributed by atoms with E-state index in [1.165, 1.54) is 64.2 Å². The average Bonchev–Trinajstić information content (AvgIpc) is 3.11. The smallest absolute Gasteiger partial charge is 0.316 e. The minimum atomic E-state index is -0.0131. The van der Waals surface area contributed by atoms with Crippen LogP contribution in [0.1, 0.15) is 112 Å². The Balaban J connectivity index is 1.42. The summed E-state index contributed by atoms with van der Waals surface area (Å²) in [4.78, 5) is 11.9. The average molecular weight is 557 g/mol. The molecule has 4 fully saturated rings. The molecule has 3 heteroatoms. The van der Waals surface area contributed by atoms with Crippen LogP contribution >= 0.6 is 22.6 Å². The fraction of sp³-hybridized carbons (Fsp3) is 0.966. The molecule has 4 aliphatic rings. The Morgan fingerprint density at radius 1 is 0.938 bits per heavy atom. The van der Waals surface area contributed by atoms with E-state index in [1.807, 2.05) is 0 Å². The first-order valence-electron chi connectivity index (χ1n) is 13.9. The third-order valence-corrected chi connectivity index (χ3v) is 11.8. The van der Waals surface area contributed by atoms with E-state index in [-0.39, 0.29) is 12.1 Å². The van der Waals surface area contributed by atoms with Crippen molar-refractivity contribution >= 4 is 28.6 Å². The predicted octanol–water partition coefficient (Wildman–Crippen LogP) is 8.45. The first kappa shape index (κ1) is 25.3. The van der Waals surface area contributed by atoms with Gasteiger partial charge in [0, 0.05) is 0 Å². The standard InChI is InChI=1S/C29H49IO2/c1-19(2)7-6-8-20(3)24-11-12-25-23-10-9-21-17-22(32-27(31)18-30)13-15-28(21,4)26(23)14-16-29(24,25)5/h19-26H,6-18H2,1-5H3/t20-,21+,22-,23+,24+,25-,26+,28+,29+/m1/s1. The lowest BCUT2D eigenvalue weighted by molar-refractivity contribution is -0.159. The Kier molecular flexibility index (Phi) is 7.95. The van der Waals surface area contributed by atoms with Gasteiger partial charge in [-0.1, -0.05) is 76.5 Å². The molecule has 4 aliphatic carbocycles. The minimum absolute atomic E-state index is 0.0131. The Bertz CT molecular complexity index is 662. The molecule has 4 saturated carbocycles. The van der Waals surface area contributed by atoms with Crippen LogP contribution < -0.4 is 0 Å². The molecule has 0 radical (unpaired) electrons. The molecule has 0 N–H and O–H groups in total. The normalized spacial score (nSPS) is 44.5. The van der Waals surface area contributed by atoms with E-state index in [2.05, 4.69) is 57.2 Å². The molecule has 0 heterocycles. The second kappa shape index (κ2) is 10.1. The Morgan fingerprint density at radius 2 is 1.66 bits per heavy atom. The van der Waals surface area contributed by atoms with Crippen molar-refractivity contribution in [3.05, 3.63) is 0 Å². The summed E-state index contributed by atoms with van der Waals surface area (Å²) in [5.74, 6) is 6.28. The van der Waals surface area contributed by atoms with E-state index in [9.17, 15) is 4.79 Å². The van der Waals surface area contributed by atoms with Crippen LogP contribution in [0.5, 0.6) is 0 Å². The molecule has 0 spiro atoms. The molecule has 0 aromatic heterocycles. The lowest BCUT2D eigenvalue weighted by atomic mass is 9.44. The highest BCUT2D eigenvalue weighted by Crippen LogP contribution is 2.68. The summed E-state index contributed by atoms with van der Waals surface area (Å²) < 4.78 is 6.28. The fourth-order valence-corrected chi connectivity index (χ4v) is 9.75. The third-order valence-electron chi connectivity index (χ3n) is 11.2. The number of fused-ring (bicyclic) bond motifs is 5. The molecule has 2 nitrogen and oxygen atoms in total. The summed E-state index contributed by atoms with van der Waals surface area (Å²) in [6.45, 7) is 12.7. The first-order valence-corrected chi connectivity index (χ1v) is 15.5. The van der Waals surface area contributed by atoms with Crippen molar-refractivity contribution in [3.63, 3.8) is 0 Å². The van der Waals surface area contributed by atoms with Crippen LogP contribution in [0.25, 0.3) is 0 Å². The maximum atomic E-state index is 11.9. The zero-order chi connectivity index (χ0) is 23.1. The van der Waals surface area contributed by atoms with Gasteiger partial charge in [-0.15, -0.1) is 0 Å². The molecule has 32 heavy (non-hydrogen) atoms. The van der Waals surface area contributed by atoms with E-state index >= 15 is 0 Å². The van der Waals surface area contributed by atoms with Gasteiger partial charge in [-0.3, -0.25) is 4.79 Å². The van der Waals surface area contributed by atoms with E-state index in [1.54, 1.807) is 0 Å². The van der Waals surface area contributed by atoms with Gasteiger partial charge in [0.2, 0.25) is 0 Å². The SMILES string of the molecule is CC(C)CCC[C@@H](C)[C@@H]1CC[C@@H]2[C@@H]3CC[C@H]4C[C@H](OC(=O)CI)CC[C@]4(C)[C@H]3CC[C@]21C. The number of hydrogen-bond donors (Lipinski definition) is 0. The number of rotatable bonds is 7. The van der Waals surface area contributed by atoms with Crippen molar-refractivity contribution in [2.24, 2.45) is 52.3 Å². The van der Waals surface area contributed by atoms with E-state index in [0.717, 1.165) is 54.3 Å². The number of ether oxygens (including phenoxy) is 1. The molecule has 0 unspecified atom stereocenters. The van der Waals surface area contributed by atoms with Gasteiger partial charge in [0.05, 0.1) is 4.43 Å².